The average molecular weight is 442 g/mol. The standard InChI is InChI=1S/C25H19N3O3S/c29-23-24(32-25(30)28-23)27-19-6-3-5-18(14-19)16-9-12-21(13-10-16)31-15-20-11-8-17-4-1-2-7-22(17)26-20/h1-14,24,27H,15H2,(H,28,29,30). The van der Waals surface area contributed by atoms with Crippen LogP contribution in [0.4, 0.5) is 10.5 Å². The first-order chi connectivity index (χ1) is 15.6. The molecule has 5 rings (SSSR count). The number of nitrogens with one attached hydrogen (secondary N) is 2. The Hall–Kier alpha value is -3.84. The molecule has 1 aliphatic rings. The number of para-hydroxylation sites is 1. The summed E-state index contributed by atoms with van der Waals surface area (Å²) >= 11 is 0.944. The van der Waals surface area contributed by atoms with E-state index in [1.165, 1.54) is 0 Å². The smallest absolute Gasteiger partial charge is 0.288 e. The second-order valence-electron chi connectivity index (χ2n) is 7.31. The van der Waals surface area contributed by atoms with Crippen molar-refractivity contribution >= 4 is 39.5 Å². The minimum Gasteiger partial charge on any atom is -0.487 e. The molecule has 32 heavy (non-hydrogen) atoms. The largest absolute Gasteiger partial charge is 0.487 e. The van der Waals surface area contributed by atoms with Crippen molar-refractivity contribution < 1.29 is 14.3 Å². The Balaban J connectivity index is 1.25. The number of hydrogen-bond acceptors (Lipinski definition) is 6. The summed E-state index contributed by atoms with van der Waals surface area (Å²) in [7, 11) is 0. The van der Waals surface area contributed by atoms with Crippen molar-refractivity contribution in [2.24, 2.45) is 0 Å². The lowest BCUT2D eigenvalue weighted by molar-refractivity contribution is -0.118. The minimum atomic E-state index is -0.614. The molecule has 0 radical (unpaired) electrons. The summed E-state index contributed by atoms with van der Waals surface area (Å²) in [6.07, 6.45) is 0. The number of aromatic nitrogens is 1. The van der Waals surface area contributed by atoms with E-state index in [4.69, 9.17) is 4.74 Å². The van der Waals surface area contributed by atoms with E-state index in [0.29, 0.717) is 6.61 Å². The van der Waals surface area contributed by atoms with Gasteiger partial charge >= 0.3 is 0 Å². The molecular formula is C25H19N3O3S. The maximum atomic E-state index is 11.8. The highest BCUT2D eigenvalue weighted by Crippen LogP contribution is 2.27. The predicted octanol–water partition coefficient (Wildman–Crippen LogP) is 5.20. The minimum absolute atomic E-state index is 0.326. The van der Waals surface area contributed by atoms with Gasteiger partial charge in [0.2, 0.25) is 0 Å². The van der Waals surface area contributed by atoms with E-state index in [0.717, 1.165) is 50.9 Å². The molecule has 2 N–H and O–H groups in total. The highest BCUT2D eigenvalue weighted by Gasteiger charge is 2.31. The maximum Gasteiger partial charge on any atom is 0.288 e. The van der Waals surface area contributed by atoms with Gasteiger partial charge in [-0.1, -0.05) is 48.5 Å². The van der Waals surface area contributed by atoms with Gasteiger partial charge in [-0.15, -0.1) is 0 Å². The Bertz CT molecular complexity index is 1310. The van der Waals surface area contributed by atoms with Crippen molar-refractivity contribution in [2.75, 3.05) is 5.32 Å². The van der Waals surface area contributed by atoms with Gasteiger partial charge in [0.15, 0.2) is 5.37 Å². The van der Waals surface area contributed by atoms with Crippen LogP contribution in [-0.4, -0.2) is 21.5 Å². The van der Waals surface area contributed by atoms with E-state index in [2.05, 4.69) is 21.7 Å². The number of carbonyl (C=O) groups excluding carboxylic acids is 2. The number of fused-ring (bicyclic) bond motifs is 1. The number of pyridine rings is 1. The summed E-state index contributed by atoms with van der Waals surface area (Å²) in [4.78, 5) is 27.8. The lowest BCUT2D eigenvalue weighted by Gasteiger charge is -2.12. The van der Waals surface area contributed by atoms with E-state index in [1.807, 2.05) is 78.9 Å². The van der Waals surface area contributed by atoms with Crippen molar-refractivity contribution in [1.82, 2.24) is 10.3 Å². The zero-order valence-electron chi connectivity index (χ0n) is 16.9. The van der Waals surface area contributed by atoms with Crippen LogP contribution >= 0.6 is 11.8 Å². The van der Waals surface area contributed by atoms with Crippen LogP contribution in [0.2, 0.25) is 0 Å². The normalized spacial score (nSPS) is 15.6. The third-order valence-corrected chi connectivity index (χ3v) is 5.96. The zero-order valence-corrected chi connectivity index (χ0v) is 17.8. The van der Waals surface area contributed by atoms with Crippen molar-refractivity contribution in [1.29, 1.82) is 0 Å². The highest BCUT2D eigenvalue weighted by molar-refractivity contribution is 8.15. The number of thioether (sulfide) groups is 1. The van der Waals surface area contributed by atoms with Gasteiger partial charge in [0.05, 0.1) is 11.2 Å². The molecule has 0 saturated carbocycles. The SMILES string of the molecule is O=C1NC(=O)C(Nc2cccc(-c3ccc(OCc4ccc5ccccc5n4)cc3)c2)S1. The molecule has 0 aliphatic carbocycles. The fraction of sp³-hybridized carbons (Fsp3) is 0.0800. The second-order valence-corrected chi connectivity index (χ2v) is 8.39. The molecule has 1 fully saturated rings. The Morgan fingerprint density at radius 2 is 1.75 bits per heavy atom. The molecule has 2 heterocycles. The van der Waals surface area contributed by atoms with E-state index < -0.39 is 5.37 Å². The van der Waals surface area contributed by atoms with Gasteiger partial charge in [-0.05, 0) is 59.3 Å². The van der Waals surface area contributed by atoms with E-state index in [1.54, 1.807) is 0 Å². The highest BCUT2D eigenvalue weighted by atomic mass is 32.2. The number of benzene rings is 3. The first-order valence-electron chi connectivity index (χ1n) is 10.1. The fourth-order valence-corrected chi connectivity index (χ4v) is 4.22. The molecule has 7 heteroatoms. The van der Waals surface area contributed by atoms with Crippen LogP contribution in [0, 0.1) is 0 Å². The first kappa shape index (κ1) is 20.1. The summed E-state index contributed by atoms with van der Waals surface area (Å²) in [5.41, 5.74) is 4.61. The Labute approximate surface area is 189 Å². The Kier molecular flexibility index (Phi) is 5.47. The van der Waals surface area contributed by atoms with E-state index in [9.17, 15) is 9.59 Å². The van der Waals surface area contributed by atoms with Crippen LogP contribution in [0.25, 0.3) is 22.0 Å². The number of ether oxygens (including phenoxy) is 1. The molecule has 1 aromatic heterocycles. The van der Waals surface area contributed by atoms with Gasteiger partial charge in [0, 0.05) is 11.1 Å². The van der Waals surface area contributed by atoms with Crippen molar-refractivity contribution in [3.63, 3.8) is 0 Å². The number of imide groups is 1. The molecule has 1 saturated heterocycles. The van der Waals surface area contributed by atoms with Crippen molar-refractivity contribution in [3.8, 4) is 16.9 Å². The number of amides is 2. The lowest BCUT2D eigenvalue weighted by Crippen LogP contribution is -2.29. The summed E-state index contributed by atoms with van der Waals surface area (Å²) < 4.78 is 5.91. The molecule has 4 aromatic rings. The number of hydrogen-bond donors (Lipinski definition) is 2. The topological polar surface area (TPSA) is 80.3 Å². The van der Waals surface area contributed by atoms with Crippen molar-refractivity contribution in [3.05, 3.63) is 90.6 Å². The third-order valence-electron chi connectivity index (χ3n) is 5.08. The first-order valence-corrected chi connectivity index (χ1v) is 11.0. The molecule has 3 aromatic carbocycles. The van der Waals surface area contributed by atoms with Gasteiger partial charge in [-0.3, -0.25) is 14.9 Å². The molecule has 6 nitrogen and oxygen atoms in total. The Morgan fingerprint density at radius 3 is 2.56 bits per heavy atom. The average Bonchev–Trinajstić information content (AvgIpc) is 3.14. The number of rotatable bonds is 6. The number of nitrogens with zero attached hydrogens (tertiary/aromatic N) is 1. The van der Waals surface area contributed by atoms with Gasteiger partial charge in [0.25, 0.3) is 11.1 Å². The van der Waals surface area contributed by atoms with Crippen LogP contribution < -0.4 is 15.4 Å². The molecule has 2 amide bonds. The van der Waals surface area contributed by atoms with Crippen LogP contribution in [-0.2, 0) is 11.4 Å². The van der Waals surface area contributed by atoms with Gasteiger partial charge in [-0.2, -0.15) is 0 Å². The summed E-state index contributed by atoms with van der Waals surface area (Å²) in [6, 6.07) is 27.6. The predicted molar refractivity (Wildman–Crippen MR) is 126 cm³/mol. The molecule has 1 unspecified atom stereocenters. The Morgan fingerprint density at radius 1 is 0.906 bits per heavy atom. The molecule has 158 valence electrons. The van der Waals surface area contributed by atoms with Crippen LogP contribution in [0.5, 0.6) is 5.75 Å². The second kappa shape index (κ2) is 8.72. The van der Waals surface area contributed by atoms with Gasteiger partial charge < -0.3 is 10.1 Å². The van der Waals surface area contributed by atoms with E-state index >= 15 is 0 Å². The monoisotopic (exact) mass is 441 g/mol. The summed E-state index contributed by atoms with van der Waals surface area (Å²) in [6.45, 7) is 0.392. The zero-order chi connectivity index (χ0) is 21.9. The quantitative estimate of drug-likeness (QED) is 0.428. The van der Waals surface area contributed by atoms with Crippen LogP contribution in [0.1, 0.15) is 5.69 Å². The molecule has 1 atom stereocenters. The molecule has 0 spiro atoms. The lowest BCUT2D eigenvalue weighted by atomic mass is 10.0. The summed E-state index contributed by atoms with van der Waals surface area (Å²) in [5.74, 6) is 0.434. The van der Waals surface area contributed by atoms with Crippen LogP contribution in [0.15, 0.2) is 84.9 Å². The molecular weight excluding hydrogens is 422 g/mol. The fourth-order valence-electron chi connectivity index (χ4n) is 3.48. The summed E-state index contributed by atoms with van der Waals surface area (Å²) in [5, 5.41) is 5.53. The molecule has 0 bridgehead atoms. The van der Waals surface area contributed by atoms with Crippen molar-refractivity contribution in [2.45, 2.75) is 12.0 Å². The maximum absolute atomic E-state index is 11.8. The molecule has 1 aliphatic heterocycles. The van der Waals surface area contributed by atoms with Gasteiger partial charge in [0.1, 0.15) is 12.4 Å². The number of carbonyl (C=O) groups is 2. The van der Waals surface area contributed by atoms with Gasteiger partial charge in [-0.25, -0.2) is 4.98 Å². The van der Waals surface area contributed by atoms with E-state index in [-0.39, 0.29) is 11.1 Å². The third kappa shape index (κ3) is 4.43. The number of anilines is 1. The van der Waals surface area contributed by atoms with Crippen LogP contribution in [0.3, 0.4) is 0 Å².